The van der Waals surface area contributed by atoms with E-state index in [2.05, 4.69) is 44.1 Å². The highest BCUT2D eigenvalue weighted by molar-refractivity contribution is 5.60. The van der Waals surface area contributed by atoms with Gasteiger partial charge < -0.3 is 10.1 Å². The summed E-state index contributed by atoms with van der Waals surface area (Å²) in [5, 5.41) is 12.9. The largest absolute Gasteiger partial charge is 0.370 e. The average molecular weight is 287 g/mol. The summed E-state index contributed by atoms with van der Waals surface area (Å²) in [7, 11) is 0. The van der Waals surface area contributed by atoms with E-state index in [1.807, 2.05) is 0 Å². The number of aromatic nitrogens is 1. The second-order valence-electron chi connectivity index (χ2n) is 6.21. The van der Waals surface area contributed by atoms with Crippen LogP contribution in [0.3, 0.4) is 0 Å². The minimum atomic E-state index is -0.217. The Labute approximate surface area is 127 Å². The zero-order valence-electron chi connectivity index (χ0n) is 13.5. The molecule has 4 nitrogen and oxygen atoms in total. The lowest BCUT2D eigenvalue weighted by Gasteiger charge is -2.33. The van der Waals surface area contributed by atoms with Crippen molar-refractivity contribution in [3.8, 4) is 6.07 Å². The minimum Gasteiger partial charge on any atom is -0.370 e. The summed E-state index contributed by atoms with van der Waals surface area (Å²) in [4.78, 5) is 4.68. The number of nitrogens with zero attached hydrogens (tertiary/aromatic N) is 2. The van der Waals surface area contributed by atoms with Crippen LogP contribution >= 0.6 is 0 Å². The van der Waals surface area contributed by atoms with Crippen LogP contribution in [0.25, 0.3) is 0 Å². The Morgan fingerprint density at radius 2 is 2.10 bits per heavy atom. The van der Waals surface area contributed by atoms with Crippen molar-refractivity contribution in [2.24, 2.45) is 0 Å². The van der Waals surface area contributed by atoms with E-state index in [1.165, 1.54) is 0 Å². The third kappa shape index (κ3) is 3.36. The smallest absolute Gasteiger partial charge is 0.144 e. The number of pyridine rings is 1. The van der Waals surface area contributed by atoms with E-state index in [-0.39, 0.29) is 5.60 Å². The summed E-state index contributed by atoms with van der Waals surface area (Å²) < 4.78 is 5.90. The molecule has 21 heavy (non-hydrogen) atoms. The Morgan fingerprint density at radius 3 is 2.71 bits per heavy atom. The predicted octanol–water partition coefficient (Wildman–Crippen LogP) is 3.58. The summed E-state index contributed by atoms with van der Waals surface area (Å²) in [6, 6.07) is 2.36. The molecular formula is C17H25N3O. The van der Waals surface area contributed by atoms with E-state index in [1.54, 1.807) is 0 Å². The third-order valence-electron chi connectivity index (χ3n) is 3.98. The molecule has 2 heterocycles. The van der Waals surface area contributed by atoms with Crippen molar-refractivity contribution in [2.45, 2.75) is 65.6 Å². The van der Waals surface area contributed by atoms with Crippen molar-refractivity contribution in [1.29, 1.82) is 5.26 Å². The SMILES string of the molecule is CCCCNc1nc(CC)c2c(c1C#N)CC(C)(C)OC2. The van der Waals surface area contributed by atoms with Crippen LogP contribution in [-0.2, 0) is 24.2 Å². The fourth-order valence-electron chi connectivity index (χ4n) is 2.76. The van der Waals surface area contributed by atoms with Gasteiger partial charge in [0.05, 0.1) is 17.8 Å². The van der Waals surface area contributed by atoms with Gasteiger partial charge in [-0.05, 0) is 32.3 Å². The second kappa shape index (κ2) is 6.44. The van der Waals surface area contributed by atoms with Gasteiger partial charge in [-0.15, -0.1) is 0 Å². The third-order valence-corrected chi connectivity index (χ3v) is 3.98. The molecule has 0 spiro atoms. The predicted molar refractivity (Wildman–Crippen MR) is 84.3 cm³/mol. The first-order valence-electron chi connectivity index (χ1n) is 7.85. The highest BCUT2D eigenvalue weighted by atomic mass is 16.5. The number of rotatable bonds is 5. The van der Waals surface area contributed by atoms with Gasteiger partial charge in [0, 0.05) is 24.2 Å². The molecule has 0 aromatic carbocycles. The van der Waals surface area contributed by atoms with E-state index >= 15 is 0 Å². The maximum atomic E-state index is 9.59. The quantitative estimate of drug-likeness (QED) is 0.841. The van der Waals surface area contributed by atoms with Gasteiger partial charge in [0.25, 0.3) is 0 Å². The van der Waals surface area contributed by atoms with Gasteiger partial charge in [-0.25, -0.2) is 4.98 Å². The molecule has 0 unspecified atom stereocenters. The molecule has 1 aliphatic rings. The summed E-state index contributed by atoms with van der Waals surface area (Å²) in [5.41, 5.74) is 3.79. The number of nitrogens with one attached hydrogen (secondary N) is 1. The molecule has 1 aliphatic heterocycles. The molecule has 0 atom stereocenters. The first-order chi connectivity index (χ1) is 10.0. The van der Waals surface area contributed by atoms with Crippen molar-refractivity contribution in [1.82, 2.24) is 4.98 Å². The Kier molecular flexibility index (Phi) is 4.84. The monoisotopic (exact) mass is 287 g/mol. The second-order valence-corrected chi connectivity index (χ2v) is 6.21. The number of nitriles is 1. The van der Waals surface area contributed by atoms with Crippen LogP contribution in [0.2, 0.25) is 0 Å². The topological polar surface area (TPSA) is 57.9 Å². The lowest BCUT2D eigenvalue weighted by molar-refractivity contribution is -0.0406. The van der Waals surface area contributed by atoms with Gasteiger partial charge in [-0.1, -0.05) is 20.3 Å². The minimum absolute atomic E-state index is 0.217. The van der Waals surface area contributed by atoms with Crippen molar-refractivity contribution < 1.29 is 4.74 Å². The summed E-state index contributed by atoms with van der Waals surface area (Å²) in [5.74, 6) is 0.749. The zero-order valence-corrected chi connectivity index (χ0v) is 13.5. The number of unbranched alkanes of at least 4 members (excludes halogenated alkanes) is 1. The number of anilines is 1. The first kappa shape index (κ1) is 15.8. The first-order valence-corrected chi connectivity index (χ1v) is 7.85. The van der Waals surface area contributed by atoms with Gasteiger partial charge in [0.2, 0.25) is 0 Å². The molecule has 0 saturated carbocycles. The van der Waals surface area contributed by atoms with Crippen LogP contribution in [-0.4, -0.2) is 17.1 Å². The van der Waals surface area contributed by atoms with Gasteiger partial charge >= 0.3 is 0 Å². The Morgan fingerprint density at radius 1 is 1.33 bits per heavy atom. The fraction of sp³-hybridized carbons (Fsp3) is 0.647. The van der Waals surface area contributed by atoms with Crippen LogP contribution < -0.4 is 5.32 Å². The molecule has 0 saturated heterocycles. The van der Waals surface area contributed by atoms with E-state index in [0.717, 1.165) is 54.9 Å². The maximum absolute atomic E-state index is 9.59. The molecular weight excluding hydrogens is 262 g/mol. The van der Waals surface area contributed by atoms with Gasteiger partial charge in [0.15, 0.2) is 0 Å². The lowest BCUT2D eigenvalue weighted by Crippen LogP contribution is -2.33. The Hall–Kier alpha value is -1.60. The number of hydrogen-bond acceptors (Lipinski definition) is 4. The molecule has 1 aromatic heterocycles. The molecule has 0 bridgehead atoms. The van der Waals surface area contributed by atoms with Crippen molar-refractivity contribution in [2.75, 3.05) is 11.9 Å². The standard InChI is InChI=1S/C17H25N3O/c1-5-7-8-19-16-13(10-18)12-9-17(3,4)21-11-14(12)15(6-2)20-16/h5-9,11H2,1-4H3,(H,19,20). The molecule has 114 valence electrons. The number of aryl methyl sites for hydroxylation is 1. The zero-order chi connectivity index (χ0) is 15.5. The van der Waals surface area contributed by atoms with Crippen LogP contribution in [0.15, 0.2) is 0 Å². The molecule has 4 heteroatoms. The molecule has 0 amide bonds. The molecule has 0 aliphatic carbocycles. The number of hydrogen-bond donors (Lipinski definition) is 1. The Balaban J connectivity index is 2.46. The van der Waals surface area contributed by atoms with Gasteiger partial charge in [-0.3, -0.25) is 0 Å². The average Bonchev–Trinajstić information content (AvgIpc) is 2.45. The van der Waals surface area contributed by atoms with Crippen molar-refractivity contribution in [3.05, 3.63) is 22.4 Å². The van der Waals surface area contributed by atoms with Gasteiger partial charge in [0.1, 0.15) is 11.9 Å². The maximum Gasteiger partial charge on any atom is 0.144 e. The van der Waals surface area contributed by atoms with Gasteiger partial charge in [-0.2, -0.15) is 5.26 Å². The van der Waals surface area contributed by atoms with Crippen LogP contribution in [0.1, 0.15) is 62.9 Å². The summed E-state index contributed by atoms with van der Waals surface area (Å²) >= 11 is 0. The molecule has 2 rings (SSSR count). The highest BCUT2D eigenvalue weighted by Crippen LogP contribution is 2.34. The summed E-state index contributed by atoms with van der Waals surface area (Å²) in [6.07, 6.45) is 3.84. The van der Waals surface area contributed by atoms with Crippen molar-refractivity contribution >= 4 is 5.82 Å². The normalized spacial score (nSPS) is 16.1. The van der Waals surface area contributed by atoms with E-state index in [9.17, 15) is 5.26 Å². The number of fused-ring (bicyclic) bond motifs is 1. The van der Waals surface area contributed by atoms with Crippen LogP contribution in [0.4, 0.5) is 5.82 Å². The molecule has 0 radical (unpaired) electrons. The van der Waals surface area contributed by atoms with Crippen LogP contribution in [0, 0.1) is 11.3 Å². The molecule has 1 N–H and O–H groups in total. The van der Waals surface area contributed by atoms with E-state index in [0.29, 0.717) is 12.2 Å². The summed E-state index contributed by atoms with van der Waals surface area (Å²) in [6.45, 7) is 9.83. The van der Waals surface area contributed by atoms with Crippen LogP contribution in [0.5, 0.6) is 0 Å². The Bertz CT molecular complexity index is 558. The molecule has 0 fully saturated rings. The highest BCUT2D eigenvalue weighted by Gasteiger charge is 2.31. The number of ether oxygens (including phenoxy) is 1. The van der Waals surface area contributed by atoms with E-state index in [4.69, 9.17) is 4.74 Å². The molecule has 1 aromatic rings. The lowest BCUT2D eigenvalue weighted by atomic mass is 9.87. The van der Waals surface area contributed by atoms with E-state index < -0.39 is 0 Å². The fourth-order valence-corrected chi connectivity index (χ4v) is 2.76. The van der Waals surface area contributed by atoms with Crippen molar-refractivity contribution in [3.63, 3.8) is 0 Å².